The van der Waals surface area contributed by atoms with Crippen molar-refractivity contribution < 1.29 is 62.6 Å². The van der Waals surface area contributed by atoms with Gasteiger partial charge in [-0.25, -0.2) is 0 Å². The Kier molecular flexibility index (Phi) is 30.4. The molecule has 0 aromatic rings. The highest BCUT2D eigenvalue weighted by atomic mass is 16.5. The van der Waals surface area contributed by atoms with E-state index in [4.69, 9.17) is 4.74 Å². The molecule has 1 saturated heterocycles. The molecule has 0 aliphatic carbocycles. The molecule has 24 heteroatoms. The molecule has 0 aromatic heterocycles. The zero-order valence-electron chi connectivity index (χ0n) is 54.6. The molecular formula is C59H107N11O13. The predicted molar refractivity (Wildman–Crippen MR) is 316 cm³/mol. The molecule has 5 N–H and O–H groups in total. The summed E-state index contributed by atoms with van der Waals surface area (Å²) < 4.78 is 5.33. The average molecular weight is 1180 g/mol. The molecule has 24 nitrogen and oxygen atoms in total. The van der Waals surface area contributed by atoms with Gasteiger partial charge in [0.05, 0.1) is 19.3 Å². The molecule has 0 bridgehead atoms. The molecular weight excluding hydrogens is 1070 g/mol. The number of amides is 11. The van der Waals surface area contributed by atoms with E-state index in [2.05, 4.69) is 21.3 Å². The van der Waals surface area contributed by atoms with Gasteiger partial charge in [-0.15, -0.1) is 0 Å². The fraction of sp³-hybridized carbons (Fsp3) is 0.814. The standard InChI is InChI=1S/C59H107N11O13/c1-25-40-55(78)64(17)29-44(71)68(21)46(35(10)11)52(75)63-45(34(8)9)58(81)65(18)41(26-31(2)3)51(74)60-38(15)50(73)61-39(16)54(77)66(19)42(27-32(4)5)56(79)67(20)43(28-33(6)7)57(80)69(22)47(36(12)13)59(82)70(23)48(53(76)62-40)49(72)37(14)30-83-24/h31-43,45-49,72H,25-30H2,1-24H3,(H,60,74)(H,61,73)(H,62,76)(H,63,75)/t37-,38+,39-,40+,41+,42+,43+,45+,46+,47+,48+,49-/m1/s1. The van der Waals surface area contributed by atoms with Crippen molar-refractivity contribution in [1.29, 1.82) is 0 Å². The number of likely N-dealkylation sites (N-methyl/N-ethyl adjacent to an activating group) is 7. The number of nitrogens with zero attached hydrogens (tertiary/aromatic N) is 7. The highest BCUT2D eigenvalue weighted by molar-refractivity contribution is 5.99. The fourth-order valence-electron chi connectivity index (χ4n) is 10.6. The van der Waals surface area contributed by atoms with E-state index < -0.39 is 162 Å². The summed E-state index contributed by atoms with van der Waals surface area (Å²) in [5.74, 6) is -10.4. The number of rotatable bonds is 14. The van der Waals surface area contributed by atoms with Gasteiger partial charge in [0.2, 0.25) is 65.0 Å². The first kappa shape index (κ1) is 75.1. The number of nitrogens with one attached hydrogen (secondary N) is 4. The molecule has 0 unspecified atom stereocenters. The highest BCUT2D eigenvalue weighted by Gasteiger charge is 2.46. The van der Waals surface area contributed by atoms with Gasteiger partial charge in [0, 0.05) is 62.4 Å². The van der Waals surface area contributed by atoms with Gasteiger partial charge in [-0.1, -0.05) is 96.9 Å². The van der Waals surface area contributed by atoms with E-state index >= 15 is 9.59 Å². The third-order valence-electron chi connectivity index (χ3n) is 15.6. The molecule has 1 aliphatic heterocycles. The average Bonchev–Trinajstić information content (AvgIpc) is 3.49. The number of carbonyl (C=O) groups excluding carboxylic acids is 11. The molecule has 0 saturated carbocycles. The van der Waals surface area contributed by atoms with Crippen LogP contribution in [0.4, 0.5) is 0 Å². The first-order valence-electron chi connectivity index (χ1n) is 29.5. The maximum absolute atomic E-state index is 15.1. The summed E-state index contributed by atoms with van der Waals surface area (Å²) in [5, 5.41) is 22.8. The number of methoxy groups -OCH3 is 1. The minimum Gasteiger partial charge on any atom is -0.390 e. The van der Waals surface area contributed by atoms with Crippen LogP contribution < -0.4 is 21.3 Å². The number of aliphatic hydroxyl groups excluding tert-OH is 1. The van der Waals surface area contributed by atoms with E-state index in [1.807, 2.05) is 41.5 Å². The van der Waals surface area contributed by atoms with Crippen LogP contribution in [0, 0.1) is 41.4 Å². The van der Waals surface area contributed by atoms with Crippen molar-refractivity contribution in [2.75, 3.05) is 69.6 Å². The summed E-state index contributed by atoms with van der Waals surface area (Å²) in [5.41, 5.74) is 0. The lowest BCUT2D eigenvalue weighted by molar-refractivity contribution is -0.157. The number of aliphatic hydroxyl groups is 1. The lowest BCUT2D eigenvalue weighted by atomic mass is 9.93. The quantitative estimate of drug-likeness (QED) is 0.165. The molecule has 1 aliphatic rings. The summed E-state index contributed by atoms with van der Waals surface area (Å²) >= 11 is 0. The number of ether oxygens (including phenoxy) is 1. The maximum Gasteiger partial charge on any atom is 0.246 e. The number of hydrogen-bond donors (Lipinski definition) is 5. The second kappa shape index (κ2) is 33.5. The molecule has 1 fully saturated rings. The second-order valence-corrected chi connectivity index (χ2v) is 25.3. The van der Waals surface area contributed by atoms with Gasteiger partial charge in [-0.05, 0) is 75.0 Å². The molecule has 0 spiro atoms. The Balaban J connectivity index is 4.28. The fourth-order valence-corrected chi connectivity index (χ4v) is 10.6. The summed E-state index contributed by atoms with van der Waals surface area (Å²) in [6, 6.07) is -12.5. The molecule has 1 heterocycles. The highest BCUT2D eigenvalue weighted by Crippen LogP contribution is 2.25. The van der Waals surface area contributed by atoms with Crippen LogP contribution in [0.5, 0.6) is 0 Å². The van der Waals surface area contributed by atoms with Crippen molar-refractivity contribution in [3.05, 3.63) is 0 Å². The van der Waals surface area contributed by atoms with Crippen molar-refractivity contribution in [1.82, 2.24) is 55.6 Å². The molecule has 0 radical (unpaired) electrons. The van der Waals surface area contributed by atoms with Crippen LogP contribution in [0.1, 0.15) is 136 Å². The summed E-state index contributed by atoms with van der Waals surface area (Å²) in [4.78, 5) is 168. The summed E-state index contributed by atoms with van der Waals surface area (Å²) in [6.07, 6.45) is -1.12. The van der Waals surface area contributed by atoms with E-state index in [-0.39, 0.29) is 50.0 Å². The van der Waals surface area contributed by atoms with Gasteiger partial charge < -0.3 is 65.4 Å². The van der Waals surface area contributed by atoms with Crippen LogP contribution >= 0.6 is 0 Å². The predicted octanol–water partition coefficient (Wildman–Crippen LogP) is 1.56. The van der Waals surface area contributed by atoms with Crippen molar-refractivity contribution in [3.63, 3.8) is 0 Å². The van der Waals surface area contributed by atoms with Crippen LogP contribution in [0.2, 0.25) is 0 Å². The van der Waals surface area contributed by atoms with Gasteiger partial charge in [0.15, 0.2) is 0 Å². The van der Waals surface area contributed by atoms with Crippen molar-refractivity contribution in [3.8, 4) is 0 Å². The van der Waals surface area contributed by atoms with Crippen molar-refractivity contribution in [2.45, 2.75) is 203 Å². The molecule has 476 valence electrons. The minimum atomic E-state index is -1.66. The normalized spacial score (nSPS) is 27.2. The van der Waals surface area contributed by atoms with Gasteiger partial charge in [-0.2, -0.15) is 0 Å². The third-order valence-corrected chi connectivity index (χ3v) is 15.6. The molecule has 11 amide bonds. The summed E-state index contributed by atoms with van der Waals surface area (Å²) in [6.45, 7) is 27.0. The molecule has 12 atom stereocenters. The lowest BCUT2D eigenvalue weighted by Gasteiger charge is -2.41. The first-order chi connectivity index (χ1) is 38.2. The van der Waals surface area contributed by atoms with Crippen LogP contribution in [0.15, 0.2) is 0 Å². The lowest BCUT2D eigenvalue weighted by Crippen LogP contribution is -2.63. The van der Waals surface area contributed by atoms with Gasteiger partial charge >= 0.3 is 0 Å². The Morgan fingerprint density at radius 2 is 0.880 bits per heavy atom. The molecule has 83 heavy (non-hydrogen) atoms. The number of carbonyl (C=O) groups is 11. The third kappa shape index (κ3) is 20.4. The maximum atomic E-state index is 15.1. The molecule has 0 aromatic carbocycles. The Labute approximate surface area is 495 Å². The van der Waals surface area contributed by atoms with Gasteiger partial charge in [0.25, 0.3) is 0 Å². The Morgan fingerprint density at radius 1 is 0.458 bits per heavy atom. The molecule has 1 rings (SSSR count). The zero-order chi connectivity index (χ0) is 64.6. The zero-order valence-corrected chi connectivity index (χ0v) is 54.6. The van der Waals surface area contributed by atoms with Crippen molar-refractivity contribution >= 4 is 65.0 Å². The SMILES string of the molecule is CC[C@@H]1NC(=O)[C@H]([C@H](O)[C@H](C)COC)N(C)C(=O)[C@H](C(C)C)N(C)C(=O)[C@H](CC(C)C)N(C)C(=O)[C@H](CC(C)C)N(C)C(=O)[C@@H](C)NC(=O)[C@H](C)NC(=O)[C@H](CC(C)C)N(C)C(=O)[C@H](C(C)C)NC(=O)[C@H](C(C)C)N(C)C(=O)CN(C)C1=O. The minimum absolute atomic E-state index is 0.00714. The van der Waals surface area contributed by atoms with Gasteiger partial charge in [-0.3, -0.25) is 52.7 Å². The smallest absolute Gasteiger partial charge is 0.246 e. The van der Waals surface area contributed by atoms with Gasteiger partial charge in [0.1, 0.15) is 60.4 Å². The van der Waals surface area contributed by atoms with E-state index in [9.17, 15) is 48.3 Å². The Hall–Kier alpha value is -5.91. The second-order valence-electron chi connectivity index (χ2n) is 25.3. The van der Waals surface area contributed by atoms with E-state index in [1.165, 1.54) is 94.8 Å². The van der Waals surface area contributed by atoms with Crippen LogP contribution in [-0.4, -0.2) is 241 Å². The summed E-state index contributed by atoms with van der Waals surface area (Å²) in [7, 11) is 11.2. The first-order valence-corrected chi connectivity index (χ1v) is 29.5. The van der Waals surface area contributed by atoms with Crippen molar-refractivity contribution in [2.24, 2.45) is 41.4 Å². The van der Waals surface area contributed by atoms with E-state index in [0.29, 0.717) is 0 Å². The van der Waals surface area contributed by atoms with Crippen LogP contribution in [0.3, 0.4) is 0 Å². The van der Waals surface area contributed by atoms with Crippen LogP contribution in [0.25, 0.3) is 0 Å². The largest absolute Gasteiger partial charge is 0.390 e. The van der Waals surface area contributed by atoms with Crippen LogP contribution in [-0.2, 0) is 57.5 Å². The van der Waals surface area contributed by atoms with E-state index in [1.54, 1.807) is 55.4 Å². The topological polar surface area (TPSA) is 288 Å². The monoisotopic (exact) mass is 1180 g/mol. The van der Waals surface area contributed by atoms with E-state index in [0.717, 1.165) is 9.80 Å². The Morgan fingerprint density at radius 3 is 1.33 bits per heavy atom. The number of hydrogen-bond acceptors (Lipinski definition) is 13. The Bertz CT molecular complexity index is 2240.